The Bertz CT molecular complexity index is 586. The lowest BCUT2D eigenvalue weighted by Crippen LogP contribution is -2.41. The Morgan fingerprint density at radius 3 is 2.95 bits per heavy atom. The molecule has 2 rings (SSSR count). The van der Waals surface area contributed by atoms with Crippen molar-refractivity contribution in [3.05, 3.63) is 29.8 Å². The third kappa shape index (κ3) is 3.79. The second-order valence-electron chi connectivity index (χ2n) is 4.54. The Morgan fingerprint density at radius 2 is 2.33 bits per heavy atom. The van der Waals surface area contributed by atoms with Crippen LogP contribution in [0.5, 0.6) is 0 Å². The molecule has 0 spiro atoms. The highest BCUT2D eigenvalue weighted by Gasteiger charge is 2.18. The Labute approximate surface area is 126 Å². The largest absolute Gasteiger partial charge is 0.395 e. The molecule has 0 fully saturated rings. The summed E-state index contributed by atoms with van der Waals surface area (Å²) in [5.41, 5.74) is 1.23. The second kappa shape index (κ2) is 7.19. The van der Waals surface area contributed by atoms with E-state index in [1.165, 1.54) is 11.8 Å². The number of nitrogens with zero attached hydrogens (tertiary/aromatic N) is 3. The summed E-state index contributed by atoms with van der Waals surface area (Å²) in [7, 11) is 0. The van der Waals surface area contributed by atoms with Crippen LogP contribution in [0.4, 0.5) is 0 Å². The number of hydrogen-bond donors (Lipinski definition) is 3. The van der Waals surface area contributed by atoms with Gasteiger partial charge in [0.1, 0.15) is 0 Å². The van der Waals surface area contributed by atoms with E-state index in [1.54, 1.807) is 18.2 Å². The molecule has 0 aliphatic heterocycles. The molecule has 0 saturated heterocycles. The maximum atomic E-state index is 12.2. The summed E-state index contributed by atoms with van der Waals surface area (Å²) in [5.74, 6) is 0.246. The van der Waals surface area contributed by atoms with Crippen LogP contribution >= 0.6 is 11.8 Å². The summed E-state index contributed by atoms with van der Waals surface area (Å²) < 4.78 is 0. The van der Waals surface area contributed by atoms with E-state index in [9.17, 15) is 9.90 Å². The lowest BCUT2D eigenvalue weighted by molar-refractivity contribution is 0.0936. The lowest BCUT2D eigenvalue weighted by atomic mass is 10.1. The molecule has 0 saturated carbocycles. The van der Waals surface area contributed by atoms with Gasteiger partial charge in [-0.15, -0.1) is 10.2 Å². The zero-order valence-electron chi connectivity index (χ0n) is 11.8. The number of rotatable bonds is 6. The maximum Gasteiger partial charge on any atom is 0.251 e. The fourth-order valence-corrected chi connectivity index (χ4v) is 2.53. The minimum Gasteiger partial charge on any atom is -0.395 e. The van der Waals surface area contributed by atoms with Crippen molar-refractivity contribution in [3.8, 4) is 11.4 Å². The smallest absolute Gasteiger partial charge is 0.251 e. The summed E-state index contributed by atoms with van der Waals surface area (Å²) in [5, 5.41) is 25.8. The average Bonchev–Trinajstić information content (AvgIpc) is 3.03. The Kier molecular flexibility index (Phi) is 5.29. The normalized spacial score (nSPS) is 13.7. The van der Waals surface area contributed by atoms with Crippen LogP contribution in [-0.4, -0.2) is 55.8 Å². The number of amides is 1. The standard InChI is InChI=1S/C13H17N5O2S/c1-8(11(7-19)21-2)14-13(20)10-5-3-4-9(6-10)12-15-17-18-16-12/h3-6,8,11,19H,7H2,1-2H3,(H,14,20)(H,15,16,17,18). The summed E-state index contributed by atoms with van der Waals surface area (Å²) in [6.45, 7) is 1.89. The molecule has 1 aromatic carbocycles. The number of aliphatic hydroxyl groups excluding tert-OH is 1. The highest BCUT2D eigenvalue weighted by molar-refractivity contribution is 7.99. The van der Waals surface area contributed by atoms with Crippen LogP contribution in [-0.2, 0) is 0 Å². The van der Waals surface area contributed by atoms with Crippen molar-refractivity contribution in [1.29, 1.82) is 0 Å². The van der Waals surface area contributed by atoms with Crippen LogP contribution in [0.2, 0.25) is 0 Å². The zero-order chi connectivity index (χ0) is 15.2. The van der Waals surface area contributed by atoms with Gasteiger partial charge in [0, 0.05) is 22.4 Å². The van der Waals surface area contributed by atoms with E-state index in [2.05, 4.69) is 25.9 Å². The molecule has 21 heavy (non-hydrogen) atoms. The first kappa shape index (κ1) is 15.5. The molecule has 0 aliphatic rings. The second-order valence-corrected chi connectivity index (χ2v) is 5.61. The highest BCUT2D eigenvalue weighted by Crippen LogP contribution is 2.16. The van der Waals surface area contributed by atoms with Crippen molar-refractivity contribution in [3.63, 3.8) is 0 Å². The van der Waals surface area contributed by atoms with Gasteiger partial charge in [0.25, 0.3) is 5.91 Å². The van der Waals surface area contributed by atoms with Crippen LogP contribution in [0.25, 0.3) is 11.4 Å². The highest BCUT2D eigenvalue weighted by atomic mass is 32.2. The molecule has 0 bridgehead atoms. The van der Waals surface area contributed by atoms with Crippen LogP contribution in [0.15, 0.2) is 24.3 Å². The van der Waals surface area contributed by atoms with Crippen molar-refractivity contribution in [2.75, 3.05) is 12.9 Å². The molecule has 2 atom stereocenters. The van der Waals surface area contributed by atoms with Crippen LogP contribution < -0.4 is 5.32 Å². The van der Waals surface area contributed by atoms with E-state index in [0.717, 1.165) is 0 Å². The topological polar surface area (TPSA) is 104 Å². The number of nitrogens with one attached hydrogen (secondary N) is 2. The third-order valence-electron chi connectivity index (χ3n) is 3.13. The number of tetrazole rings is 1. The minimum absolute atomic E-state index is 0.0194. The Morgan fingerprint density at radius 1 is 1.52 bits per heavy atom. The number of benzene rings is 1. The Balaban J connectivity index is 2.11. The molecule has 2 unspecified atom stereocenters. The molecule has 0 aliphatic carbocycles. The van der Waals surface area contributed by atoms with E-state index in [0.29, 0.717) is 17.0 Å². The number of aromatic nitrogens is 4. The first-order chi connectivity index (χ1) is 10.2. The number of aliphatic hydroxyl groups is 1. The molecule has 2 aromatic rings. The van der Waals surface area contributed by atoms with Crippen LogP contribution in [0.1, 0.15) is 17.3 Å². The van der Waals surface area contributed by atoms with Crippen molar-refractivity contribution in [2.24, 2.45) is 0 Å². The van der Waals surface area contributed by atoms with Gasteiger partial charge in [0.2, 0.25) is 5.82 Å². The molecule has 3 N–H and O–H groups in total. The SMILES string of the molecule is CSC(CO)C(C)NC(=O)c1cccc(-c2nn[nH]n2)c1. The van der Waals surface area contributed by atoms with Gasteiger partial charge in [-0.1, -0.05) is 12.1 Å². The number of carbonyl (C=O) groups is 1. The van der Waals surface area contributed by atoms with Gasteiger partial charge < -0.3 is 10.4 Å². The molecular formula is C13H17N5O2S. The van der Waals surface area contributed by atoms with Crippen molar-refractivity contribution in [2.45, 2.75) is 18.2 Å². The van der Waals surface area contributed by atoms with E-state index in [-0.39, 0.29) is 23.8 Å². The monoisotopic (exact) mass is 307 g/mol. The molecule has 112 valence electrons. The van der Waals surface area contributed by atoms with Gasteiger partial charge in [0.05, 0.1) is 6.61 Å². The van der Waals surface area contributed by atoms with E-state index in [1.807, 2.05) is 19.2 Å². The van der Waals surface area contributed by atoms with Gasteiger partial charge in [-0.25, -0.2) is 0 Å². The summed E-state index contributed by atoms with van der Waals surface area (Å²) in [6.07, 6.45) is 1.90. The molecule has 1 amide bonds. The van der Waals surface area contributed by atoms with E-state index in [4.69, 9.17) is 0 Å². The quantitative estimate of drug-likeness (QED) is 0.726. The van der Waals surface area contributed by atoms with E-state index >= 15 is 0 Å². The van der Waals surface area contributed by atoms with Crippen molar-refractivity contribution >= 4 is 17.7 Å². The predicted molar refractivity (Wildman–Crippen MR) is 80.9 cm³/mol. The van der Waals surface area contributed by atoms with Gasteiger partial charge in [0.15, 0.2) is 0 Å². The number of H-pyrrole nitrogens is 1. The van der Waals surface area contributed by atoms with E-state index < -0.39 is 0 Å². The summed E-state index contributed by atoms with van der Waals surface area (Å²) >= 11 is 1.52. The number of carbonyl (C=O) groups excluding carboxylic acids is 1. The molecule has 8 heteroatoms. The molecule has 1 heterocycles. The summed E-state index contributed by atoms with van der Waals surface area (Å²) in [6, 6.07) is 6.87. The van der Waals surface area contributed by atoms with Crippen molar-refractivity contribution < 1.29 is 9.90 Å². The minimum atomic E-state index is -0.194. The fourth-order valence-electron chi connectivity index (χ4n) is 1.90. The summed E-state index contributed by atoms with van der Waals surface area (Å²) in [4.78, 5) is 12.2. The number of hydrogen-bond acceptors (Lipinski definition) is 6. The van der Waals surface area contributed by atoms with Crippen LogP contribution in [0, 0.1) is 0 Å². The average molecular weight is 307 g/mol. The number of aromatic amines is 1. The first-order valence-corrected chi connectivity index (χ1v) is 7.73. The van der Waals surface area contributed by atoms with Crippen LogP contribution in [0.3, 0.4) is 0 Å². The predicted octanol–water partition coefficient (Wildman–Crippen LogP) is 0.709. The van der Waals surface area contributed by atoms with Crippen molar-refractivity contribution in [1.82, 2.24) is 25.9 Å². The molecular weight excluding hydrogens is 290 g/mol. The molecule has 0 radical (unpaired) electrons. The van der Waals surface area contributed by atoms with Gasteiger partial charge >= 0.3 is 0 Å². The maximum absolute atomic E-state index is 12.2. The Hall–Kier alpha value is -1.93. The lowest BCUT2D eigenvalue weighted by Gasteiger charge is -2.21. The first-order valence-electron chi connectivity index (χ1n) is 6.44. The van der Waals surface area contributed by atoms with Gasteiger partial charge in [-0.05, 0) is 30.5 Å². The van der Waals surface area contributed by atoms with Gasteiger partial charge in [-0.3, -0.25) is 4.79 Å². The molecule has 1 aromatic heterocycles. The zero-order valence-corrected chi connectivity index (χ0v) is 12.6. The third-order valence-corrected chi connectivity index (χ3v) is 4.29. The fraction of sp³-hybridized carbons (Fsp3) is 0.385. The van der Waals surface area contributed by atoms with Gasteiger partial charge in [-0.2, -0.15) is 17.0 Å². The number of thioether (sulfide) groups is 1. The molecule has 7 nitrogen and oxygen atoms in total.